The lowest BCUT2D eigenvalue weighted by molar-refractivity contribution is -0.137. The number of phosphoric acid groups is 1. The fourth-order valence-corrected chi connectivity index (χ4v) is 4.93. The summed E-state index contributed by atoms with van der Waals surface area (Å²) in [6.07, 6.45) is -0.396. The molecule has 10 heteroatoms. The molecule has 0 radical (unpaired) electrons. The van der Waals surface area contributed by atoms with E-state index in [2.05, 4.69) is 5.32 Å². The molecule has 0 unspecified atom stereocenters. The standard InChI is InChI=1S/C26H36NO7PS/c1-4-17-36-23(28)15-16-27-25(30)24(29)26(2,3)20-34-35(31,32-18-21-11-7-5-8-12-21)33-19-22-13-9-6-10-14-22/h5-14,24,29H,4,15-20H2,1-3H3,(H,27,30)/t24-/m0/s1. The number of benzene rings is 2. The predicted molar refractivity (Wildman–Crippen MR) is 141 cm³/mol. The molecule has 0 aliphatic heterocycles. The number of aliphatic hydroxyl groups is 1. The molecule has 0 saturated carbocycles. The van der Waals surface area contributed by atoms with Gasteiger partial charge in [0.1, 0.15) is 6.10 Å². The molecular formula is C26H36NO7PS. The van der Waals surface area contributed by atoms with Crippen LogP contribution in [0.25, 0.3) is 0 Å². The van der Waals surface area contributed by atoms with E-state index in [0.717, 1.165) is 23.3 Å². The van der Waals surface area contributed by atoms with Gasteiger partial charge in [-0.1, -0.05) is 93.2 Å². The van der Waals surface area contributed by atoms with E-state index in [-0.39, 0.29) is 37.9 Å². The first-order valence-corrected chi connectivity index (χ1v) is 14.3. The SMILES string of the molecule is CCCSC(=O)CCNC(=O)[C@H](O)C(C)(C)COP(=O)(OCc1ccccc1)OCc1ccccc1. The molecule has 0 bridgehead atoms. The average molecular weight is 538 g/mol. The normalized spacial score (nSPS) is 12.8. The van der Waals surface area contributed by atoms with Crippen LogP contribution in [0, 0.1) is 5.41 Å². The van der Waals surface area contributed by atoms with Crippen molar-refractivity contribution in [2.75, 3.05) is 18.9 Å². The van der Waals surface area contributed by atoms with Gasteiger partial charge < -0.3 is 10.4 Å². The third kappa shape index (κ3) is 10.9. The van der Waals surface area contributed by atoms with Gasteiger partial charge in [-0.25, -0.2) is 4.57 Å². The number of thioether (sulfide) groups is 1. The van der Waals surface area contributed by atoms with Crippen LogP contribution in [-0.2, 0) is 40.9 Å². The molecule has 198 valence electrons. The van der Waals surface area contributed by atoms with Gasteiger partial charge in [-0.2, -0.15) is 0 Å². The fourth-order valence-electron chi connectivity index (χ4n) is 2.92. The van der Waals surface area contributed by atoms with Crippen LogP contribution in [-0.4, -0.2) is 41.1 Å². The molecule has 2 aromatic carbocycles. The molecule has 0 heterocycles. The van der Waals surface area contributed by atoms with E-state index in [1.807, 2.05) is 67.6 Å². The van der Waals surface area contributed by atoms with Crippen molar-refractivity contribution in [3.63, 3.8) is 0 Å². The molecule has 0 aromatic heterocycles. The van der Waals surface area contributed by atoms with Crippen LogP contribution in [0.5, 0.6) is 0 Å². The quantitative estimate of drug-likeness (QED) is 0.284. The van der Waals surface area contributed by atoms with Crippen molar-refractivity contribution in [1.29, 1.82) is 0 Å². The summed E-state index contributed by atoms with van der Waals surface area (Å²) in [7, 11) is -4.05. The summed E-state index contributed by atoms with van der Waals surface area (Å²) >= 11 is 1.23. The molecule has 2 N–H and O–H groups in total. The van der Waals surface area contributed by atoms with E-state index >= 15 is 0 Å². The van der Waals surface area contributed by atoms with Crippen LogP contribution < -0.4 is 5.32 Å². The van der Waals surface area contributed by atoms with Gasteiger partial charge in [-0.3, -0.25) is 23.2 Å². The Morgan fingerprint density at radius 3 is 2.00 bits per heavy atom. The zero-order valence-corrected chi connectivity index (χ0v) is 22.8. The van der Waals surface area contributed by atoms with Crippen molar-refractivity contribution < 1.29 is 32.8 Å². The molecule has 36 heavy (non-hydrogen) atoms. The van der Waals surface area contributed by atoms with Crippen LogP contribution in [0.1, 0.15) is 44.7 Å². The molecule has 1 amide bonds. The Bertz CT molecular complexity index is 941. The van der Waals surface area contributed by atoms with Gasteiger partial charge in [0.15, 0.2) is 5.12 Å². The highest BCUT2D eigenvalue weighted by atomic mass is 32.2. The Balaban J connectivity index is 1.96. The number of carbonyl (C=O) groups excluding carboxylic acids is 2. The van der Waals surface area contributed by atoms with Gasteiger partial charge in [-0.15, -0.1) is 0 Å². The summed E-state index contributed by atoms with van der Waals surface area (Å²) in [5, 5.41) is 13.2. The van der Waals surface area contributed by atoms with Gasteiger partial charge in [0.2, 0.25) is 5.91 Å². The first kappa shape index (κ1) is 30.2. The smallest absolute Gasteiger partial charge is 0.383 e. The number of aliphatic hydroxyl groups excluding tert-OH is 1. The first-order valence-electron chi connectivity index (χ1n) is 11.9. The Labute approximate surface area is 217 Å². The molecule has 0 aliphatic rings. The maximum atomic E-state index is 13.4. The van der Waals surface area contributed by atoms with E-state index in [9.17, 15) is 19.3 Å². The van der Waals surface area contributed by atoms with Gasteiger partial charge in [0.05, 0.1) is 19.8 Å². The molecule has 0 fully saturated rings. The monoisotopic (exact) mass is 537 g/mol. The number of amides is 1. The summed E-state index contributed by atoms with van der Waals surface area (Å²) in [6.45, 7) is 5.06. The fraction of sp³-hybridized carbons (Fsp3) is 0.462. The summed E-state index contributed by atoms with van der Waals surface area (Å²) < 4.78 is 30.2. The molecule has 2 aromatic rings. The molecule has 0 aliphatic carbocycles. The molecule has 0 saturated heterocycles. The number of nitrogens with one attached hydrogen (secondary N) is 1. The number of hydrogen-bond donors (Lipinski definition) is 2. The number of hydrogen-bond acceptors (Lipinski definition) is 8. The lowest BCUT2D eigenvalue weighted by atomic mass is 9.87. The van der Waals surface area contributed by atoms with E-state index in [1.54, 1.807) is 13.8 Å². The minimum atomic E-state index is -4.05. The summed E-state index contributed by atoms with van der Waals surface area (Å²) in [6, 6.07) is 18.4. The van der Waals surface area contributed by atoms with Crippen LogP contribution >= 0.6 is 19.6 Å². The van der Waals surface area contributed by atoms with Crippen LogP contribution in [0.4, 0.5) is 0 Å². The number of phosphoric ester groups is 1. The third-order valence-electron chi connectivity index (χ3n) is 5.14. The molecule has 2 rings (SSSR count). The zero-order chi connectivity index (χ0) is 26.4. The first-order chi connectivity index (χ1) is 17.1. The molecular weight excluding hydrogens is 501 g/mol. The highest BCUT2D eigenvalue weighted by molar-refractivity contribution is 8.13. The second-order valence-electron chi connectivity index (χ2n) is 8.89. The Morgan fingerprint density at radius 2 is 1.50 bits per heavy atom. The second kappa shape index (κ2) is 15.3. The predicted octanol–water partition coefficient (Wildman–Crippen LogP) is 5.11. The average Bonchev–Trinajstić information content (AvgIpc) is 2.89. The topological polar surface area (TPSA) is 111 Å². The highest BCUT2D eigenvalue weighted by Crippen LogP contribution is 2.52. The van der Waals surface area contributed by atoms with Crippen molar-refractivity contribution >= 4 is 30.6 Å². The second-order valence-corrected chi connectivity index (χ2v) is 11.7. The summed E-state index contributed by atoms with van der Waals surface area (Å²) in [5.41, 5.74) is 0.456. The van der Waals surface area contributed by atoms with Crippen molar-refractivity contribution in [2.45, 2.75) is 52.9 Å². The molecule has 1 atom stereocenters. The Morgan fingerprint density at radius 1 is 0.972 bits per heavy atom. The number of carbonyl (C=O) groups is 2. The van der Waals surface area contributed by atoms with E-state index in [0.29, 0.717) is 0 Å². The van der Waals surface area contributed by atoms with Gasteiger partial charge >= 0.3 is 7.82 Å². The largest absolute Gasteiger partial charge is 0.475 e. The maximum Gasteiger partial charge on any atom is 0.475 e. The molecule has 8 nitrogen and oxygen atoms in total. The van der Waals surface area contributed by atoms with E-state index in [4.69, 9.17) is 13.6 Å². The summed E-state index contributed by atoms with van der Waals surface area (Å²) in [4.78, 5) is 24.2. The third-order valence-corrected chi connectivity index (χ3v) is 7.62. The lowest BCUT2D eigenvalue weighted by Crippen LogP contribution is -2.46. The summed E-state index contributed by atoms with van der Waals surface area (Å²) in [5.74, 6) is 0.0977. The van der Waals surface area contributed by atoms with Crippen molar-refractivity contribution in [2.24, 2.45) is 5.41 Å². The van der Waals surface area contributed by atoms with Gasteiger partial charge in [0.25, 0.3) is 0 Å². The van der Waals surface area contributed by atoms with Crippen LogP contribution in [0.2, 0.25) is 0 Å². The van der Waals surface area contributed by atoms with Gasteiger partial charge in [-0.05, 0) is 17.5 Å². The highest BCUT2D eigenvalue weighted by Gasteiger charge is 2.38. The molecule has 0 spiro atoms. The number of rotatable bonds is 16. The minimum Gasteiger partial charge on any atom is -0.383 e. The Hall–Kier alpha value is -2.00. The maximum absolute atomic E-state index is 13.4. The minimum absolute atomic E-state index is 0.000444. The van der Waals surface area contributed by atoms with Crippen LogP contribution in [0.15, 0.2) is 60.7 Å². The van der Waals surface area contributed by atoms with Crippen LogP contribution in [0.3, 0.4) is 0 Å². The van der Waals surface area contributed by atoms with Gasteiger partial charge in [0, 0.05) is 24.1 Å². The van der Waals surface area contributed by atoms with Crippen molar-refractivity contribution in [1.82, 2.24) is 5.32 Å². The van der Waals surface area contributed by atoms with Crippen molar-refractivity contribution in [3.8, 4) is 0 Å². The van der Waals surface area contributed by atoms with E-state index in [1.165, 1.54) is 11.8 Å². The lowest BCUT2D eigenvalue weighted by Gasteiger charge is -2.30. The Kier molecular flexibility index (Phi) is 12.8. The van der Waals surface area contributed by atoms with Crippen molar-refractivity contribution in [3.05, 3.63) is 71.8 Å². The van der Waals surface area contributed by atoms with E-state index < -0.39 is 25.2 Å². The zero-order valence-electron chi connectivity index (χ0n) is 21.1.